The average molecular weight is 238 g/mol. The molecule has 0 aliphatic heterocycles. The maximum Gasteiger partial charge on any atom is 0.354 e. The summed E-state index contributed by atoms with van der Waals surface area (Å²) in [6, 6.07) is 2.91. The van der Waals surface area contributed by atoms with E-state index in [0.29, 0.717) is 6.07 Å². The zero-order valence-corrected chi connectivity index (χ0v) is 8.82. The number of aromatic nitrogens is 2. The smallest absolute Gasteiger partial charge is 0.354 e. The molecule has 1 aromatic heterocycles. The molecule has 0 unspecified atom stereocenters. The van der Waals surface area contributed by atoms with Crippen LogP contribution in [0, 0.1) is 11.6 Å². The van der Waals surface area contributed by atoms with Gasteiger partial charge in [0.2, 0.25) is 0 Å². The summed E-state index contributed by atoms with van der Waals surface area (Å²) in [5.41, 5.74) is -0.197. The fraction of sp³-hybridized carbons (Fsp3) is 0.0909. The van der Waals surface area contributed by atoms with Crippen molar-refractivity contribution in [1.82, 2.24) is 9.55 Å². The number of aromatic carboxylic acids is 1. The Labute approximate surface area is 95.1 Å². The minimum atomic E-state index is -1.22. The second kappa shape index (κ2) is 3.97. The van der Waals surface area contributed by atoms with Gasteiger partial charge in [-0.05, 0) is 12.1 Å². The minimum Gasteiger partial charge on any atom is -0.477 e. The molecule has 0 saturated carbocycles. The van der Waals surface area contributed by atoms with Crippen LogP contribution in [-0.2, 0) is 7.05 Å². The lowest BCUT2D eigenvalue weighted by Gasteiger charge is -2.02. The maximum atomic E-state index is 13.5. The molecule has 0 bridgehead atoms. The van der Waals surface area contributed by atoms with E-state index in [4.69, 9.17) is 5.11 Å². The molecular weight excluding hydrogens is 230 g/mol. The predicted molar refractivity (Wildman–Crippen MR) is 55.5 cm³/mol. The molecule has 0 fully saturated rings. The molecule has 2 rings (SSSR count). The first-order valence-electron chi connectivity index (χ1n) is 4.70. The van der Waals surface area contributed by atoms with E-state index in [-0.39, 0.29) is 17.0 Å². The van der Waals surface area contributed by atoms with Crippen LogP contribution in [0.25, 0.3) is 11.3 Å². The molecule has 1 N–H and O–H groups in total. The van der Waals surface area contributed by atoms with Crippen molar-refractivity contribution in [2.24, 2.45) is 7.05 Å². The highest BCUT2D eigenvalue weighted by Gasteiger charge is 2.20. The summed E-state index contributed by atoms with van der Waals surface area (Å²) < 4.78 is 27.5. The van der Waals surface area contributed by atoms with E-state index in [2.05, 4.69) is 4.98 Å². The summed E-state index contributed by atoms with van der Waals surface area (Å²) >= 11 is 0. The lowest BCUT2D eigenvalue weighted by molar-refractivity contribution is 0.0687. The molecule has 17 heavy (non-hydrogen) atoms. The third-order valence-corrected chi connectivity index (χ3v) is 2.33. The Morgan fingerprint density at radius 2 is 2.12 bits per heavy atom. The number of halogens is 2. The molecule has 0 amide bonds. The second-order valence-electron chi connectivity index (χ2n) is 3.48. The number of carboxylic acids is 1. The molecule has 0 aliphatic carbocycles. The molecule has 1 heterocycles. The highest BCUT2D eigenvalue weighted by atomic mass is 19.1. The van der Waals surface area contributed by atoms with E-state index in [0.717, 1.165) is 6.07 Å². The molecular formula is C11H8F2N2O2. The van der Waals surface area contributed by atoms with Crippen LogP contribution < -0.4 is 0 Å². The van der Waals surface area contributed by atoms with Crippen molar-refractivity contribution in [3.05, 3.63) is 41.9 Å². The van der Waals surface area contributed by atoms with E-state index in [1.54, 1.807) is 0 Å². The first-order chi connectivity index (χ1) is 8.00. The first kappa shape index (κ1) is 11.3. The van der Waals surface area contributed by atoms with Crippen molar-refractivity contribution in [1.29, 1.82) is 0 Å². The van der Waals surface area contributed by atoms with Gasteiger partial charge in [0.25, 0.3) is 0 Å². The van der Waals surface area contributed by atoms with Crippen LogP contribution in [0.1, 0.15) is 10.5 Å². The number of aryl methyl sites for hydroxylation is 1. The van der Waals surface area contributed by atoms with Gasteiger partial charge >= 0.3 is 5.97 Å². The van der Waals surface area contributed by atoms with Gasteiger partial charge in [-0.1, -0.05) is 0 Å². The fourth-order valence-corrected chi connectivity index (χ4v) is 1.56. The third-order valence-electron chi connectivity index (χ3n) is 2.33. The van der Waals surface area contributed by atoms with Crippen molar-refractivity contribution < 1.29 is 18.7 Å². The van der Waals surface area contributed by atoms with Crippen molar-refractivity contribution in [2.75, 3.05) is 0 Å². The summed E-state index contributed by atoms with van der Waals surface area (Å²) in [5, 5.41) is 8.98. The SMILES string of the molecule is Cn1cnc(-c2ccc(F)cc2F)c1C(=O)O. The summed E-state index contributed by atoms with van der Waals surface area (Å²) in [6.45, 7) is 0. The van der Waals surface area contributed by atoms with Crippen LogP contribution in [0.3, 0.4) is 0 Å². The summed E-state index contributed by atoms with van der Waals surface area (Å²) in [5.74, 6) is -2.78. The van der Waals surface area contributed by atoms with Crippen LogP contribution in [0.5, 0.6) is 0 Å². The summed E-state index contributed by atoms with van der Waals surface area (Å²) in [7, 11) is 1.49. The Morgan fingerprint density at radius 1 is 1.41 bits per heavy atom. The van der Waals surface area contributed by atoms with E-state index in [1.807, 2.05) is 0 Å². The first-order valence-corrected chi connectivity index (χ1v) is 4.70. The Balaban J connectivity index is 2.65. The molecule has 0 radical (unpaired) electrons. The number of hydrogen-bond donors (Lipinski definition) is 1. The van der Waals surface area contributed by atoms with E-state index in [9.17, 15) is 13.6 Å². The van der Waals surface area contributed by atoms with Crippen LogP contribution in [0.2, 0.25) is 0 Å². The third kappa shape index (κ3) is 1.89. The van der Waals surface area contributed by atoms with Crippen LogP contribution in [-0.4, -0.2) is 20.6 Å². The van der Waals surface area contributed by atoms with Crippen molar-refractivity contribution >= 4 is 5.97 Å². The van der Waals surface area contributed by atoms with Crippen LogP contribution in [0.4, 0.5) is 8.78 Å². The zero-order valence-electron chi connectivity index (χ0n) is 8.82. The highest BCUT2D eigenvalue weighted by molar-refractivity contribution is 5.93. The Kier molecular flexibility index (Phi) is 2.63. The van der Waals surface area contributed by atoms with E-state index >= 15 is 0 Å². The number of carbonyl (C=O) groups is 1. The molecule has 2 aromatic rings. The monoisotopic (exact) mass is 238 g/mol. The lowest BCUT2D eigenvalue weighted by Crippen LogP contribution is -2.05. The fourth-order valence-electron chi connectivity index (χ4n) is 1.56. The molecule has 0 saturated heterocycles. The van der Waals surface area contributed by atoms with Gasteiger partial charge in [-0.25, -0.2) is 18.6 Å². The molecule has 4 nitrogen and oxygen atoms in total. The van der Waals surface area contributed by atoms with Crippen molar-refractivity contribution in [3.8, 4) is 11.3 Å². The molecule has 0 spiro atoms. The molecule has 6 heteroatoms. The largest absolute Gasteiger partial charge is 0.477 e. The topological polar surface area (TPSA) is 55.1 Å². The number of benzene rings is 1. The van der Waals surface area contributed by atoms with Gasteiger partial charge in [0, 0.05) is 18.7 Å². The van der Waals surface area contributed by atoms with Gasteiger partial charge < -0.3 is 9.67 Å². The zero-order chi connectivity index (χ0) is 12.6. The molecule has 0 aliphatic rings. The molecule has 88 valence electrons. The van der Waals surface area contributed by atoms with Gasteiger partial charge in [-0.3, -0.25) is 0 Å². The quantitative estimate of drug-likeness (QED) is 0.871. The number of rotatable bonds is 2. The normalized spacial score (nSPS) is 10.5. The number of carboxylic acid groups (broad SMARTS) is 1. The Bertz CT molecular complexity index is 593. The van der Waals surface area contributed by atoms with Gasteiger partial charge in [0.15, 0.2) is 5.69 Å². The van der Waals surface area contributed by atoms with Gasteiger partial charge in [-0.2, -0.15) is 0 Å². The maximum absolute atomic E-state index is 13.5. The van der Waals surface area contributed by atoms with Crippen LogP contribution in [0.15, 0.2) is 24.5 Å². The van der Waals surface area contributed by atoms with E-state index in [1.165, 1.54) is 24.0 Å². The average Bonchev–Trinajstić information content (AvgIpc) is 2.60. The summed E-state index contributed by atoms with van der Waals surface area (Å²) in [6.07, 6.45) is 1.27. The lowest BCUT2D eigenvalue weighted by atomic mass is 10.1. The molecule has 1 aromatic carbocycles. The van der Waals surface area contributed by atoms with Gasteiger partial charge in [0.1, 0.15) is 17.3 Å². The predicted octanol–water partition coefficient (Wildman–Crippen LogP) is 2.06. The van der Waals surface area contributed by atoms with Crippen molar-refractivity contribution in [3.63, 3.8) is 0 Å². The summed E-state index contributed by atoms with van der Waals surface area (Å²) in [4.78, 5) is 14.8. The highest BCUT2D eigenvalue weighted by Crippen LogP contribution is 2.25. The Morgan fingerprint density at radius 3 is 2.71 bits per heavy atom. The van der Waals surface area contributed by atoms with Crippen LogP contribution >= 0.6 is 0 Å². The minimum absolute atomic E-state index is 0.0162. The van der Waals surface area contributed by atoms with Gasteiger partial charge in [-0.15, -0.1) is 0 Å². The number of imidazole rings is 1. The van der Waals surface area contributed by atoms with Crippen molar-refractivity contribution in [2.45, 2.75) is 0 Å². The second-order valence-corrected chi connectivity index (χ2v) is 3.48. The van der Waals surface area contributed by atoms with Gasteiger partial charge in [0.05, 0.1) is 6.33 Å². The molecule has 0 atom stereocenters. The standard InChI is InChI=1S/C11H8F2N2O2/c1-15-5-14-9(10(15)11(16)17)7-3-2-6(12)4-8(7)13/h2-5H,1H3,(H,16,17). The number of nitrogens with zero attached hydrogens (tertiary/aromatic N) is 2. The Hall–Kier alpha value is -2.24. The number of hydrogen-bond acceptors (Lipinski definition) is 2. The van der Waals surface area contributed by atoms with E-state index < -0.39 is 17.6 Å².